The highest BCUT2D eigenvalue weighted by atomic mass is 79.9. The van der Waals surface area contributed by atoms with Gasteiger partial charge in [0.2, 0.25) is 5.91 Å². The lowest BCUT2D eigenvalue weighted by atomic mass is 9.96. The van der Waals surface area contributed by atoms with Crippen LogP contribution in [0.25, 0.3) is 6.08 Å². The third kappa shape index (κ3) is 3.67. The van der Waals surface area contributed by atoms with Crippen molar-refractivity contribution in [2.45, 2.75) is 18.8 Å². The summed E-state index contributed by atoms with van der Waals surface area (Å²) in [6.45, 7) is 1.48. The molecule has 0 spiro atoms. The quantitative estimate of drug-likeness (QED) is 0.624. The number of piperidine rings is 1. The van der Waals surface area contributed by atoms with Gasteiger partial charge in [0, 0.05) is 36.6 Å². The molecule has 0 bridgehead atoms. The number of nitrogens with one attached hydrogen (secondary N) is 1. The number of amides is 1. The Kier molecular flexibility index (Phi) is 5.30. The third-order valence-corrected chi connectivity index (χ3v) is 5.48. The van der Waals surface area contributed by atoms with E-state index in [0.29, 0.717) is 10.7 Å². The number of nitrogens with zero attached hydrogens (tertiary/aromatic N) is 3. The van der Waals surface area contributed by atoms with Crippen LogP contribution < -0.4 is 0 Å². The van der Waals surface area contributed by atoms with Crippen LogP contribution in [-0.2, 0) is 11.8 Å². The zero-order valence-electron chi connectivity index (χ0n) is 13.4. The number of likely N-dealkylation sites (tertiary alicyclic amines) is 1. The molecule has 24 heavy (non-hydrogen) atoms. The van der Waals surface area contributed by atoms with Gasteiger partial charge in [0.25, 0.3) is 0 Å². The molecular weight excluding hydrogens is 388 g/mol. The van der Waals surface area contributed by atoms with E-state index in [1.54, 1.807) is 6.08 Å². The molecule has 0 unspecified atom stereocenters. The van der Waals surface area contributed by atoms with Crippen molar-refractivity contribution in [3.05, 3.63) is 51.0 Å². The minimum atomic E-state index is 0.0552. The van der Waals surface area contributed by atoms with Crippen molar-refractivity contribution in [1.29, 1.82) is 0 Å². The predicted molar refractivity (Wildman–Crippen MR) is 100 cm³/mol. The van der Waals surface area contributed by atoms with E-state index in [-0.39, 0.29) is 5.91 Å². The summed E-state index contributed by atoms with van der Waals surface area (Å²) < 4.78 is 3.54. The molecule has 2 heterocycles. The first-order valence-corrected chi connectivity index (χ1v) is 9.09. The smallest absolute Gasteiger partial charge is 0.246 e. The van der Waals surface area contributed by atoms with Gasteiger partial charge in [0.05, 0.1) is 0 Å². The van der Waals surface area contributed by atoms with Crippen LogP contribution in [0, 0.1) is 4.77 Å². The van der Waals surface area contributed by atoms with Crippen LogP contribution in [0.4, 0.5) is 0 Å². The number of benzene rings is 1. The van der Waals surface area contributed by atoms with Crippen LogP contribution in [-0.4, -0.2) is 38.7 Å². The van der Waals surface area contributed by atoms with Crippen LogP contribution in [0.1, 0.15) is 30.1 Å². The number of aromatic amines is 1. The van der Waals surface area contributed by atoms with Crippen molar-refractivity contribution in [1.82, 2.24) is 19.7 Å². The summed E-state index contributed by atoms with van der Waals surface area (Å²) in [6.07, 6.45) is 5.32. The molecule has 1 aliphatic rings. The second kappa shape index (κ2) is 7.44. The molecule has 0 saturated carbocycles. The second-order valence-electron chi connectivity index (χ2n) is 5.90. The van der Waals surface area contributed by atoms with E-state index >= 15 is 0 Å². The lowest BCUT2D eigenvalue weighted by Gasteiger charge is -2.30. The Morgan fingerprint density at radius 3 is 2.71 bits per heavy atom. The van der Waals surface area contributed by atoms with Gasteiger partial charge in [0.15, 0.2) is 4.77 Å². The molecule has 3 rings (SSSR count). The van der Waals surface area contributed by atoms with Crippen molar-refractivity contribution in [3.8, 4) is 0 Å². The van der Waals surface area contributed by atoms with Crippen molar-refractivity contribution in [2.24, 2.45) is 7.05 Å². The summed E-state index contributed by atoms with van der Waals surface area (Å²) in [4.78, 5) is 14.3. The van der Waals surface area contributed by atoms with Crippen LogP contribution in [0.2, 0.25) is 0 Å². The maximum atomic E-state index is 12.4. The van der Waals surface area contributed by atoms with E-state index < -0.39 is 0 Å². The Labute approximate surface area is 154 Å². The SMILES string of the molecule is Cn1c(C2CCN(C(=O)C=Cc3ccccc3Br)CC2)n[nH]c1=S. The lowest BCUT2D eigenvalue weighted by Crippen LogP contribution is -2.37. The molecule has 5 nitrogen and oxygen atoms in total. The predicted octanol–water partition coefficient (Wildman–Crippen LogP) is 3.66. The maximum Gasteiger partial charge on any atom is 0.246 e. The van der Waals surface area contributed by atoms with Gasteiger partial charge in [0.1, 0.15) is 5.82 Å². The Morgan fingerprint density at radius 2 is 2.08 bits per heavy atom. The average Bonchev–Trinajstić information content (AvgIpc) is 2.93. The van der Waals surface area contributed by atoms with E-state index in [9.17, 15) is 4.79 Å². The Bertz CT molecular complexity index is 818. The molecule has 0 radical (unpaired) electrons. The van der Waals surface area contributed by atoms with Crippen molar-refractivity contribution < 1.29 is 4.79 Å². The number of H-pyrrole nitrogens is 1. The summed E-state index contributed by atoms with van der Waals surface area (Å²) in [5.74, 6) is 1.38. The molecular formula is C17H19BrN4OS. The van der Waals surface area contributed by atoms with E-state index in [2.05, 4.69) is 26.1 Å². The van der Waals surface area contributed by atoms with Crippen LogP contribution in [0.15, 0.2) is 34.8 Å². The fraction of sp³-hybridized carbons (Fsp3) is 0.353. The van der Waals surface area contributed by atoms with E-state index in [1.807, 2.05) is 46.9 Å². The minimum Gasteiger partial charge on any atom is -0.339 e. The van der Waals surface area contributed by atoms with Gasteiger partial charge in [-0.3, -0.25) is 9.89 Å². The Hall–Kier alpha value is -1.73. The fourth-order valence-electron chi connectivity index (χ4n) is 2.96. The zero-order valence-corrected chi connectivity index (χ0v) is 15.8. The molecule has 0 atom stereocenters. The summed E-state index contributed by atoms with van der Waals surface area (Å²) in [7, 11) is 1.93. The first-order valence-electron chi connectivity index (χ1n) is 7.89. The van der Waals surface area contributed by atoms with E-state index in [0.717, 1.165) is 41.8 Å². The molecule has 1 amide bonds. The van der Waals surface area contributed by atoms with Crippen LogP contribution >= 0.6 is 28.1 Å². The summed E-state index contributed by atoms with van der Waals surface area (Å²) in [6, 6.07) is 7.85. The normalized spacial score (nSPS) is 16.0. The average molecular weight is 407 g/mol. The van der Waals surface area contributed by atoms with Gasteiger partial charge in [-0.15, -0.1) is 0 Å². The molecule has 1 aliphatic heterocycles. The van der Waals surface area contributed by atoms with Crippen molar-refractivity contribution in [2.75, 3.05) is 13.1 Å². The van der Waals surface area contributed by atoms with Gasteiger partial charge in [-0.05, 0) is 42.8 Å². The highest BCUT2D eigenvalue weighted by Crippen LogP contribution is 2.26. The number of carbonyl (C=O) groups excluding carboxylic acids is 1. The van der Waals surface area contributed by atoms with Crippen LogP contribution in [0.5, 0.6) is 0 Å². The summed E-state index contributed by atoms with van der Waals surface area (Å²) in [5.41, 5.74) is 1.00. The number of carbonyl (C=O) groups is 1. The highest BCUT2D eigenvalue weighted by Gasteiger charge is 2.25. The monoisotopic (exact) mass is 406 g/mol. The Morgan fingerprint density at radius 1 is 1.38 bits per heavy atom. The summed E-state index contributed by atoms with van der Waals surface area (Å²) >= 11 is 8.65. The van der Waals surface area contributed by atoms with Gasteiger partial charge in [-0.2, -0.15) is 5.10 Å². The van der Waals surface area contributed by atoms with Gasteiger partial charge in [-0.1, -0.05) is 34.1 Å². The molecule has 1 aromatic heterocycles. The third-order valence-electron chi connectivity index (χ3n) is 4.40. The lowest BCUT2D eigenvalue weighted by molar-refractivity contribution is -0.127. The molecule has 1 N–H and O–H groups in total. The molecule has 1 fully saturated rings. The molecule has 0 aliphatic carbocycles. The number of halogens is 1. The van der Waals surface area contributed by atoms with Crippen molar-refractivity contribution in [3.63, 3.8) is 0 Å². The fourth-order valence-corrected chi connectivity index (χ4v) is 3.52. The zero-order chi connectivity index (χ0) is 17.1. The highest BCUT2D eigenvalue weighted by molar-refractivity contribution is 9.10. The van der Waals surface area contributed by atoms with Gasteiger partial charge < -0.3 is 9.47 Å². The standard InChI is InChI=1S/C17H19BrN4OS/c1-21-16(19-20-17(21)24)13-8-10-22(11-9-13)15(23)7-6-12-4-2-3-5-14(12)18/h2-7,13H,8-11H2,1H3,(H,20,24). The molecule has 1 saturated heterocycles. The number of hydrogen-bond donors (Lipinski definition) is 1. The number of rotatable bonds is 3. The first-order chi connectivity index (χ1) is 11.6. The molecule has 2 aromatic rings. The second-order valence-corrected chi connectivity index (χ2v) is 7.14. The summed E-state index contributed by atoms with van der Waals surface area (Å²) in [5, 5.41) is 7.15. The van der Waals surface area contributed by atoms with Crippen LogP contribution in [0.3, 0.4) is 0 Å². The Balaban J connectivity index is 1.60. The number of hydrogen-bond acceptors (Lipinski definition) is 3. The topological polar surface area (TPSA) is 53.9 Å². The first kappa shape index (κ1) is 17.1. The molecule has 1 aromatic carbocycles. The largest absolute Gasteiger partial charge is 0.339 e. The van der Waals surface area contributed by atoms with E-state index in [1.165, 1.54) is 0 Å². The van der Waals surface area contributed by atoms with Crippen molar-refractivity contribution >= 4 is 40.1 Å². The minimum absolute atomic E-state index is 0.0552. The number of aromatic nitrogens is 3. The molecule has 7 heteroatoms. The maximum absolute atomic E-state index is 12.4. The van der Waals surface area contributed by atoms with E-state index in [4.69, 9.17) is 12.2 Å². The molecule has 126 valence electrons. The van der Waals surface area contributed by atoms with Gasteiger partial charge in [-0.25, -0.2) is 0 Å². The van der Waals surface area contributed by atoms with Gasteiger partial charge >= 0.3 is 0 Å².